The Kier molecular flexibility index (Phi) is 5.64. The van der Waals surface area contributed by atoms with E-state index in [1.165, 1.54) is 6.92 Å². The van der Waals surface area contributed by atoms with Gasteiger partial charge in [0.05, 0.1) is 0 Å². The van der Waals surface area contributed by atoms with Crippen LogP contribution in [0, 0.1) is 0 Å². The van der Waals surface area contributed by atoms with Crippen LogP contribution in [0.1, 0.15) is 46.0 Å². The van der Waals surface area contributed by atoms with E-state index in [2.05, 4.69) is 6.92 Å². The molecule has 3 nitrogen and oxygen atoms in total. The fourth-order valence-electron chi connectivity index (χ4n) is 0.978. The summed E-state index contributed by atoms with van der Waals surface area (Å²) >= 11 is 0. The molecule has 0 saturated carbocycles. The number of aliphatic hydroxyl groups is 1. The molecule has 0 rings (SSSR count). The highest BCUT2D eigenvalue weighted by molar-refractivity contribution is 7.38. The summed E-state index contributed by atoms with van der Waals surface area (Å²) in [6, 6.07) is 0. The molecular weight excluding hydrogens is 175 g/mol. The van der Waals surface area contributed by atoms with Gasteiger partial charge < -0.3 is 10.00 Å². The second kappa shape index (κ2) is 5.63. The zero-order valence-electron chi connectivity index (χ0n) is 7.75. The fraction of sp³-hybridized carbons (Fsp3) is 1.00. The zero-order chi connectivity index (χ0) is 9.61. The van der Waals surface area contributed by atoms with E-state index in [-0.39, 0.29) is 0 Å². The van der Waals surface area contributed by atoms with Crippen molar-refractivity contribution in [3.63, 3.8) is 0 Å². The third-order valence-electron chi connectivity index (χ3n) is 1.90. The predicted octanol–water partition coefficient (Wildman–Crippen LogP) is 1.77. The quantitative estimate of drug-likeness (QED) is 0.515. The van der Waals surface area contributed by atoms with Crippen molar-refractivity contribution in [1.82, 2.24) is 0 Å². The first-order chi connectivity index (χ1) is 5.50. The first kappa shape index (κ1) is 12.0. The molecule has 0 heterocycles. The number of unbranched alkanes of at least 4 members (excludes halogenated alkanes) is 3. The van der Waals surface area contributed by atoms with Gasteiger partial charge >= 0.3 is 8.03 Å². The van der Waals surface area contributed by atoms with Crippen molar-refractivity contribution in [2.24, 2.45) is 0 Å². The van der Waals surface area contributed by atoms with Gasteiger partial charge in [-0.3, -0.25) is 0 Å². The molecule has 72 valence electrons. The average Bonchev–Trinajstić information content (AvgIpc) is 1.98. The van der Waals surface area contributed by atoms with Gasteiger partial charge in [0, 0.05) is 13.3 Å². The van der Waals surface area contributed by atoms with Crippen LogP contribution in [0.5, 0.6) is 0 Å². The molecule has 0 aromatic rings. The molecule has 0 aliphatic carbocycles. The minimum Gasteiger partial charge on any atom is -0.593 e. The second-order valence-electron chi connectivity index (χ2n) is 3.28. The first-order valence-corrected chi connectivity index (χ1v) is 5.55. The van der Waals surface area contributed by atoms with Crippen LogP contribution in [0.2, 0.25) is 0 Å². The maximum absolute atomic E-state index is 10.5. The third kappa shape index (κ3) is 4.81. The largest absolute Gasteiger partial charge is 0.593 e. The summed E-state index contributed by atoms with van der Waals surface area (Å²) in [4.78, 5) is 10.5. The van der Waals surface area contributed by atoms with Crippen LogP contribution in [-0.4, -0.2) is 10.4 Å². The Morgan fingerprint density at radius 2 is 2.00 bits per heavy atom. The van der Waals surface area contributed by atoms with E-state index in [9.17, 15) is 14.6 Å². The standard InChI is InChI=1S/C8H17O3P/c1-3-4-5-6-7-8(2,9)12(10)11/h9H,3-7H2,1-2H3. The van der Waals surface area contributed by atoms with Crippen molar-refractivity contribution < 1.29 is 14.6 Å². The van der Waals surface area contributed by atoms with Crippen molar-refractivity contribution in [2.75, 3.05) is 0 Å². The van der Waals surface area contributed by atoms with E-state index in [1.54, 1.807) is 0 Å². The minimum atomic E-state index is -2.71. The molecule has 0 fully saturated rings. The minimum absolute atomic E-state index is 0.353. The summed E-state index contributed by atoms with van der Waals surface area (Å²) in [6.07, 6.45) is 4.35. The van der Waals surface area contributed by atoms with E-state index in [1.807, 2.05) is 0 Å². The number of rotatable bonds is 6. The molecule has 0 spiro atoms. The van der Waals surface area contributed by atoms with E-state index in [0.29, 0.717) is 6.42 Å². The SMILES string of the molecule is CCCCCCC(C)(O)[P+](=O)[O-]. The van der Waals surface area contributed by atoms with Gasteiger partial charge in [-0.05, 0) is 6.42 Å². The second-order valence-corrected chi connectivity index (χ2v) is 4.76. The molecule has 0 aliphatic rings. The molecule has 0 aromatic heterocycles. The van der Waals surface area contributed by atoms with Crippen molar-refractivity contribution in [3.05, 3.63) is 0 Å². The smallest absolute Gasteiger partial charge is 0.344 e. The molecule has 1 N–H and O–H groups in total. The van der Waals surface area contributed by atoms with Crippen molar-refractivity contribution >= 4 is 8.03 Å². The maximum Gasteiger partial charge on any atom is 0.344 e. The lowest BCUT2D eigenvalue weighted by Gasteiger charge is -2.12. The Morgan fingerprint density at radius 3 is 2.42 bits per heavy atom. The predicted molar refractivity (Wildman–Crippen MR) is 47.0 cm³/mol. The summed E-state index contributed by atoms with van der Waals surface area (Å²) in [5.74, 6) is 0. The van der Waals surface area contributed by atoms with Crippen LogP contribution >= 0.6 is 8.03 Å². The van der Waals surface area contributed by atoms with Crippen molar-refractivity contribution in [2.45, 2.75) is 51.3 Å². The van der Waals surface area contributed by atoms with Gasteiger partial charge in [-0.1, -0.05) is 30.8 Å². The Labute approximate surface area is 74.7 Å². The van der Waals surface area contributed by atoms with Gasteiger partial charge in [0.15, 0.2) is 0 Å². The summed E-state index contributed by atoms with van der Waals surface area (Å²) in [6.45, 7) is 3.44. The van der Waals surface area contributed by atoms with Crippen LogP contribution in [0.25, 0.3) is 0 Å². The highest BCUT2D eigenvalue weighted by Crippen LogP contribution is 2.33. The van der Waals surface area contributed by atoms with Crippen LogP contribution in [0.3, 0.4) is 0 Å². The van der Waals surface area contributed by atoms with Crippen molar-refractivity contribution in [1.29, 1.82) is 0 Å². The highest BCUT2D eigenvalue weighted by atomic mass is 31.1. The molecule has 12 heavy (non-hydrogen) atoms. The van der Waals surface area contributed by atoms with Crippen LogP contribution in [-0.2, 0) is 4.57 Å². The van der Waals surface area contributed by atoms with Gasteiger partial charge in [0.25, 0.3) is 5.34 Å². The van der Waals surface area contributed by atoms with E-state index < -0.39 is 13.4 Å². The average molecular weight is 192 g/mol. The molecular formula is C8H17O3P. The summed E-state index contributed by atoms with van der Waals surface area (Å²) in [5, 5.41) is 7.80. The molecule has 0 saturated heterocycles. The van der Waals surface area contributed by atoms with Gasteiger partial charge in [-0.25, -0.2) is 0 Å². The first-order valence-electron chi connectivity index (χ1n) is 4.37. The Bertz CT molecular complexity index is 145. The van der Waals surface area contributed by atoms with Gasteiger partial charge in [0.1, 0.15) is 0 Å². The highest BCUT2D eigenvalue weighted by Gasteiger charge is 2.33. The molecule has 0 amide bonds. The lowest BCUT2D eigenvalue weighted by Crippen LogP contribution is -2.22. The van der Waals surface area contributed by atoms with Gasteiger partial charge in [0.2, 0.25) is 0 Å². The van der Waals surface area contributed by atoms with Crippen LogP contribution < -0.4 is 4.89 Å². The van der Waals surface area contributed by atoms with Gasteiger partial charge in [-0.2, -0.15) is 0 Å². The normalized spacial score (nSPS) is 17.2. The lowest BCUT2D eigenvalue weighted by atomic mass is 10.1. The topological polar surface area (TPSA) is 60.4 Å². The van der Waals surface area contributed by atoms with Crippen LogP contribution in [0.4, 0.5) is 0 Å². The van der Waals surface area contributed by atoms with E-state index >= 15 is 0 Å². The molecule has 0 radical (unpaired) electrons. The maximum atomic E-state index is 10.5. The molecule has 2 atom stereocenters. The van der Waals surface area contributed by atoms with Crippen LogP contribution in [0.15, 0.2) is 0 Å². The number of hydrogen-bond donors (Lipinski definition) is 1. The molecule has 0 bridgehead atoms. The summed E-state index contributed by atoms with van der Waals surface area (Å²) in [5.41, 5.74) is 0. The fourth-order valence-corrected chi connectivity index (χ4v) is 1.32. The molecule has 2 unspecified atom stereocenters. The Balaban J connectivity index is 3.54. The third-order valence-corrected chi connectivity index (χ3v) is 2.91. The van der Waals surface area contributed by atoms with Crippen molar-refractivity contribution in [3.8, 4) is 0 Å². The lowest BCUT2D eigenvalue weighted by molar-refractivity contribution is -0.178. The summed E-state index contributed by atoms with van der Waals surface area (Å²) < 4.78 is 10.5. The Morgan fingerprint density at radius 1 is 1.42 bits per heavy atom. The van der Waals surface area contributed by atoms with E-state index in [0.717, 1.165) is 25.7 Å². The molecule has 0 aliphatic heterocycles. The summed E-state index contributed by atoms with van der Waals surface area (Å²) in [7, 11) is -2.71. The number of hydrogen-bond acceptors (Lipinski definition) is 3. The van der Waals surface area contributed by atoms with E-state index in [4.69, 9.17) is 0 Å². The molecule has 4 heteroatoms. The Hall–Kier alpha value is 0.0200. The molecule has 0 aromatic carbocycles. The monoisotopic (exact) mass is 192 g/mol. The van der Waals surface area contributed by atoms with Gasteiger partial charge in [-0.15, -0.1) is 0 Å². The zero-order valence-corrected chi connectivity index (χ0v) is 8.64.